The number of carbonyl (C=O) groups excluding carboxylic acids is 2. The number of rotatable bonds is 9. The van der Waals surface area contributed by atoms with Gasteiger partial charge in [0, 0.05) is 46.0 Å². The lowest BCUT2D eigenvalue weighted by molar-refractivity contribution is -0.141. The lowest BCUT2D eigenvalue weighted by Gasteiger charge is -2.08. The molecule has 8 bridgehead atoms. The Morgan fingerprint density at radius 1 is 0.603 bits per heavy atom. The minimum atomic E-state index is -0.290. The molecular formula is C50H46N4O4. The molecule has 3 aromatic carbocycles. The first kappa shape index (κ1) is 38.1. The first-order chi connectivity index (χ1) is 28.1. The van der Waals surface area contributed by atoms with Crippen LogP contribution in [0, 0.1) is 13.8 Å². The van der Waals surface area contributed by atoms with Crippen LogP contribution >= 0.6 is 0 Å². The lowest BCUT2D eigenvalue weighted by Crippen LogP contribution is -2.01. The maximum atomic E-state index is 12.5. The average molecular weight is 767 g/mol. The van der Waals surface area contributed by atoms with E-state index in [0.29, 0.717) is 12.8 Å². The zero-order chi connectivity index (χ0) is 40.7. The third kappa shape index (κ3) is 6.95. The van der Waals surface area contributed by atoms with Crippen LogP contribution in [0.1, 0.15) is 90.1 Å². The van der Waals surface area contributed by atoms with E-state index in [-0.39, 0.29) is 24.8 Å². The first-order valence-corrected chi connectivity index (χ1v) is 19.6. The standard InChI is InChI=1S/C50H46N4O4/c1-8-34-28(2)41-24-42-30(4)36(19-21-49(55)57-6)47(52-42)27-48-37(20-22-50(56)58-7)31(5)44(54-48)26-46-35(29(3)43(53-46)25-45(34)51-41)18-17-33-23-32-13-9-10-14-38(32)40-16-12-11-15-39(33)40/h8-18,23-27,51,53H,1,19-22H2,2-7H3/b18-17+,41-24?,42-24?,43-25?,44-26?,45-25?,46-26?,47-27?,48-27?. The Labute approximate surface area is 337 Å². The summed E-state index contributed by atoms with van der Waals surface area (Å²) in [4.78, 5) is 42.6. The highest BCUT2D eigenvalue weighted by atomic mass is 16.5. The molecule has 0 spiro atoms. The Morgan fingerprint density at radius 3 is 1.72 bits per heavy atom. The topological polar surface area (TPSA) is 110 Å². The maximum Gasteiger partial charge on any atom is 0.305 e. The van der Waals surface area contributed by atoms with Crippen LogP contribution in [0.4, 0.5) is 0 Å². The summed E-state index contributed by atoms with van der Waals surface area (Å²) in [5.41, 5.74) is 15.9. The molecular weight excluding hydrogens is 721 g/mol. The molecule has 0 atom stereocenters. The van der Waals surface area contributed by atoms with E-state index in [9.17, 15) is 9.59 Å². The van der Waals surface area contributed by atoms with Gasteiger partial charge in [-0.05, 0) is 131 Å². The van der Waals surface area contributed by atoms with Crippen LogP contribution in [0.3, 0.4) is 0 Å². The fourth-order valence-electron chi connectivity index (χ4n) is 8.31. The summed E-state index contributed by atoms with van der Waals surface area (Å²) in [6.45, 7) is 12.5. The summed E-state index contributed by atoms with van der Waals surface area (Å²) >= 11 is 0. The van der Waals surface area contributed by atoms with Gasteiger partial charge in [0.05, 0.1) is 37.0 Å². The molecule has 6 aromatic rings. The molecule has 5 heterocycles. The van der Waals surface area contributed by atoms with Crippen LogP contribution in [0.25, 0.3) is 84.1 Å². The third-order valence-corrected chi connectivity index (χ3v) is 11.7. The smallest absolute Gasteiger partial charge is 0.305 e. The van der Waals surface area contributed by atoms with Crippen molar-refractivity contribution in [2.75, 3.05) is 14.2 Å². The van der Waals surface area contributed by atoms with Crippen molar-refractivity contribution in [3.05, 3.63) is 136 Å². The molecule has 290 valence electrons. The highest BCUT2D eigenvalue weighted by Gasteiger charge is 2.23. The molecule has 2 aliphatic rings. The van der Waals surface area contributed by atoms with E-state index in [0.717, 1.165) is 95.0 Å². The molecule has 0 saturated carbocycles. The highest BCUT2D eigenvalue weighted by molar-refractivity contribution is 6.11. The summed E-state index contributed by atoms with van der Waals surface area (Å²) in [5.74, 6) is -0.579. The Hall–Kier alpha value is -6.80. The summed E-state index contributed by atoms with van der Waals surface area (Å²) in [5, 5.41) is 4.81. The van der Waals surface area contributed by atoms with Crippen molar-refractivity contribution in [1.82, 2.24) is 19.9 Å². The predicted molar refractivity (Wildman–Crippen MR) is 238 cm³/mol. The number of aromatic amines is 2. The summed E-state index contributed by atoms with van der Waals surface area (Å²) in [6.07, 6.45) is 7.61. The first-order valence-electron chi connectivity index (χ1n) is 19.6. The number of H-pyrrole nitrogens is 2. The van der Waals surface area contributed by atoms with E-state index in [4.69, 9.17) is 19.4 Å². The molecule has 0 saturated heterocycles. The van der Waals surface area contributed by atoms with Crippen LogP contribution < -0.4 is 0 Å². The fraction of sp³-hybridized carbons (Fsp3) is 0.200. The number of methoxy groups -OCH3 is 2. The number of aryl methyl sites for hydroxylation is 2. The number of carbonyl (C=O) groups is 2. The maximum absolute atomic E-state index is 12.5. The molecule has 8 nitrogen and oxygen atoms in total. The van der Waals surface area contributed by atoms with Crippen LogP contribution in [0.15, 0.2) is 85.4 Å². The van der Waals surface area contributed by atoms with E-state index >= 15 is 0 Å². The zero-order valence-electron chi connectivity index (χ0n) is 33.8. The molecule has 58 heavy (non-hydrogen) atoms. The van der Waals surface area contributed by atoms with Crippen LogP contribution in [0.5, 0.6) is 0 Å². The number of nitrogens with one attached hydrogen (secondary N) is 2. The number of ether oxygens (including phenoxy) is 2. The largest absolute Gasteiger partial charge is 0.469 e. The minimum absolute atomic E-state index is 0.208. The fourth-order valence-corrected chi connectivity index (χ4v) is 8.31. The molecule has 0 aliphatic carbocycles. The van der Waals surface area contributed by atoms with Gasteiger partial charge in [-0.25, -0.2) is 9.97 Å². The number of esters is 2. The SMILES string of the molecule is C=Cc1c(C)c2cc3nc(cc4nc(cc5[nH]c(cc1[nH]2)c(C)c5/C=C/c1cc2ccccc2c2ccccc12)C(C)=C4CCC(=O)OC)C(CCC(=O)OC)=C3C. The molecule has 0 radical (unpaired) electrons. The number of allylic oxidation sites excluding steroid dienone is 4. The van der Waals surface area contributed by atoms with E-state index < -0.39 is 0 Å². The van der Waals surface area contributed by atoms with Gasteiger partial charge in [0.1, 0.15) is 0 Å². The molecule has 2 N–H and O–H groups in total. The summed E-state index contributed by atoms with van der Waals surface area (Å²) in [6, 6.07) is 27.6. The van der Waals surface area contributed by atoms with Crippen molar-refractivity contribution >= 4 is 96.1 Å². The highest BCUT2D eigenvalue weighted by Crippen LogP contribution is 2.39. The van der Waals surface area contributed by atoms with Crippen LogP contribution in [0.2, 0.25) is 0 Å². The quantitative estimate of drug-likeness (QED) is 0.112. The number of nitrogens with zero attached hydrogens (tertiary/aromatic N) is 2. The Kier molecular flexibility index (Phi) is 10.3. The number of fused-ring (bicyclic) bond motifs is 11. The van der Waals surface area contributed by atoms with Gasteiger partial charge in [-0.15, -0.1) is 0 Å². The van der Waals surface area contributed by atoms with E-state index in [1.54, 1.807) is 0 Å². The van der Waals surface area contributed by atoms with Crippen LogP contribution in [-0.2, 0) is 19.1 Å². The van der Waals surface area contributed by atoms with Crippen molar-refractivity contribution in [2.24, 2.45) is 0 Å². The zero-order valence-corrected chi connectivity index (χ0v) is 33.8. The van der Waals surface area contributed by atoms with Crippen molar-refractivity contribution in [2.45, 2.75) is 53.4 Å². The second-order valence-corrected chi connectivity index (χ2v) is 15.0. The second-order valence-electron chi connectivity index (χ2n) is 15.0. The van der Waals surface area contributed by atoms with E-state index in [1.165, 1.54) is 35.8 Å². The van der Waals surface area contributed by atoms with Crippen molar-refractivity contribution < 1.29 is 19.1 Å². The molecule has 0 unspecified atom stereocenters. The third-order valence-electron chi connectivity index (χ3n) is 11.7. The molecule has 8 rings (SSSR count). The number of aromatic nitrogens is 4. The van der Waals surface area contributed by atoms with Gasteiger partial charge in [-0.1, -0.05) is 73.3 Å². The van der Waals surface area contributed by atoms with Gasteiger partial charge in [-0.2, -0.15) is 0 Å². The van der Waals surface area contributed by atoms with Crippen molar-refractivity contribution in [3.63, 3.8) is 0 Å². The normalized spacial score (nSPS) is 12.9. The molecule has 0 amide bonds. The van der Waals surface area contributed by atoms with Gasteiger partial charge in [-0.3, -0.25) is 9.59 Å². The van der Waals surface area contributed by atoms with Gasteiger partial charge < -0.3 is 19.4 Å². The van der Waals surface area contributed by atoms with E-state index in [1.807, 2.05) is 19.1 Å². The molecule has 3 aromatic heterocycles. The predicted octanol–water partition coefficient (Wildman–Crippen LogP) is 11.8. The van der Waals surface area contributed by atoms with Gasteiger partial charge in [0.25, 0.3) is 0 Å². The Balaban J connectivity index is 1.42. The number of hydrogen-bond donors (Lipinski definition) is 2. The number of benzene rings is 3. The second kappa shape index (κ2) is 15.6. The summed E-state index contributed by atoms with van der Waals surface area (Å²) < 4.78 is 10.1. The molecule has 0 fully saturated rings. The minimum Gasteiger partial charge on any atom is -0.469 e. The van der Waals surface area contributed by atoms with Crippen LogP contribution in [-0.4, -0.2) is 46.1 Å². The molecule has 2 aliphatic heterocycles. The van der Waals surface area contributed by atoms with Crippen molar-refractivity contribution in [1.29, 1.82) is 0 Å². The lowest BCUT2D eigenvalue weighted by atomic mass is 9.96. The Bertz CT molecular complexity index is 2970. The number of hydrogen-bond acceptors (Lipinski definition) is 6. The Morgan fingerprint density at radius 2 is 1.12 bits per heavy atom. The van der Waals surface area contributed by atoms with Gasteiger partial charge in [0.15, 0.2) is 0 Å². The van der Waals surface area contributed by atoms with Gasteiger partial charge >= 0.3 is 11.9 Å². The summed E-state index contributed by atoms with van der Waals surface area (Å²) in [7, 11) is 2.81. The molecule has 8 heteroatoms. The van der Waals surface area contributed by atoms with Crippen molar-refractivity contribution in [3.8, 4) is 0 Å². The van der Waals surface area contributed by atoms with Gasteiger partial charge in [0.2, 0.25) is 0 Å². The van der Waals surface area contributed by atoms with E-state index in [2.05, 4.69) is 122 Å². The average Bonchev–Trinajstić information content (AvgIpc) is 3.90. The monoisotopic (exact) mass is 766 g/mol.